The van der Waals surface area contributed by atoms with Crippen LogP contribution in [-0.4, -0.2) is 24.3 Å². The standard InChI is InChI=1S/C27H40O3/c1-16-10-12-27(29-15-16)17(2)24-22(30-27)13-21-19-9-8-18-7-5-6-11-25(18,3)20(19)14-23(28)26(21,24)4/h8,16-17,19-22,24H,5-7,9-15H2,1-4H3/t16?,17-,19+,20-,21-,22-,24-,25-,26+,27+/m0/s1. The number of hydrogen-bond acceptors (Lipinski definition) is 3. The average molecular weight is 413 g/mol. The second kappa shape index (κ2) is 6.44. The van der Waals surface area contributed by atoms with Gasteiger partial charge in [-0.05, 0) is 67.6 Å². The third-order valence-electron chi connectivity index (χ3n) is 11.2. The molecule has 6 aliphatic rings. The lowest BCUT2D eigenvalue weighted by Crippen LogP contribution is -2.55. The molecule has 0 N–H and O–H groups in total. The minimum absolute atomic E-state index is 0.204. The van der Waals surface area contributed by atoms with E-state index < -0.39 is 5.79 Å². The van der Waals surface area contributed by atoms with E-state index in [9.17, 15) is 4.79 Å². The Morgan fingerprint density at radius 1 is 1.10 bits per heavy atom. The van der Waals surface area contributed by atoms with Gasteiger partial charge in [0.2, 0.25) is 0 Å². The van der Waals surface area contributed by atoms with E-state index in [0.29, 0.717) is 41.3 Å². The smallest absolute Gasteiger partial charge is 0.171 e. The first kappa shape index (κ1) is 20.0. The summed E-state index contributed by atoms with van der Waals surface area (Å²) in [4.78, 5) is 14.0. The first-order valence-corrected chi connectivity index (χ1v) is 12.8. The van der Waals surface area contributed by atoms with Gasteiger partial charge in [-0.25, -0.2) is 0 Å². The van der Waals surface area contributed by atoms with Gasteiger partial charge in [0.15, 0.2) is 5.79 Å². The molecule has 166 valence electrons. The van der Waals surface area contributed by atoms with Crippen molar-refractivity contribution in [1.82, 2.24) is 0 Å². The number of ether oxygens (including phenoxy) is 2. The number of hydrogen-bond donors (Lipinski definition) is 0. The van der Waals surface area contributed by atoms with E-state index >= 15 is 0 Å². The lowest BCUT2D eigenvalue weighted by molar-refractivity contribution is -0.272. The fraction of sp³-hybridized carbons (Fsp3) is 0.889. The van der Waals surface area contributed by atoms with Crippen LogP contribution < -0.4 is 0 Å². The first-order chi connectivity index (χ1) is 14.3. The molecule has 3 saturated carbocycles. The van der Waals surface area contributed by atoms with Crippen LogP contribution in [0.25, 0.3) is 0 Å². The zero-order chi connectivity index (χ0) is 20.9. The van der Waals surface area contributed by atoms with Crippen molar-refractivity contribution in [2.75, 3.05) is 6.61 Å². The highest BCUT2D eigenvalue weighted by Crippen LogP contribution is 2.69. The Morgan fingerprint density at radius 2 is 1.93 bits per heavy atom. The fourth-order valence-corrected chi connectivity index (χ4v) is 9.39. The maximum Gasteiger partial charge on any atom is 0.171 e. The molecule has 5 fully saturated rings. The SMILES string of the molecule is CC1CC[C@@]2(OC1)O[C@H]1C[C@H]3[C@@H]4CC=C5CCCC[C@]5(C)[C@H]4CC(=O)[C@]3(C)[C@H]1[C@@H]2C. The van der Waals surface area contributed by atoms with Crippen LogP contribution in [0.2, 0.25) is 0 Å². The van der Waals surface area contributed by atoms with Crippen LogP contribution in [0.1, 0.15) is 85.5 Å². The molecule has 2 aliphatic heterocycles. The summed E-state index contributed by atoms with van der Waals surface area (Å²) < 4.78 is 13.2. The fourth-order valence-electron chi connectivity index (χ4n) is 9.39. The van der Waals surface area contributed by atoms with Crippen LogP contribution in [0.15, 0.2) is 11.6 Å². The molecule has 0 aromatic heterocycles. The van der Waals surface area contributed by atoms with E-state index in [1.54, 1.807) is 5.57 Å². The number of allylic oxidation sites excluding steroid dienone is 2. The van der Waals surface area contributed by atoms with Crippen LogP contribution in [0.4, 0.5) is 0 Å². The van der Waals surface area contributed by atoms with Crippen molar-refractivity contribution in [1.29, 1.82) is 0 Å². The summed E-state index contributed by atoms with van der Waals surface area (Å²) in [7, 11) is 0. The van der Waals surface area contributed by atoms with E-state index in [4.69, 9.17) is 9.47 Å². The topological polar surface area (TPSA) is 35.5 Å². The van der Waals surface area contributed by atoms with Crippen LogP contribution in [0.3, 0.4) is 0 Å². The van der Waals surface area contributed by atoms with Gasteiger partial charge in [0.25, 0.3) is 0 Å². The van der Waals surface area contributed by atoms with Gasteiger partial charge in [0.1, 0.15) is 5.78 Å². The molecule has 6 rings (SSSR count). The van der Waals surface area contributed by atoms with E-state index in [0.717, 1.165) is 25.9 Å². The Bertz CT molecular complexity index is 777. The van der Waals surface area contributed by atoms with Crippen LogP contribution >= 0.6 is 0 Å². The zero-order valence-corrected chi connectivity index (χ0v) is 19.4. The molecule has 4 aliphatic carbocycles. The van der Waals surface area contributed by atoms with E-state index in [1.165, 1.54) is 38.5 Å². The molecule has 0 aromatic rings. The van der Waals surface area contributed by atoms with Gasteiger partial charge in [-0.1, -0.05) is 45.8 Å². The molecule has 3 nitrogen and oxygen atoms in total. The van der Waals surface area contributed by atoms with Gasteiger partial charge in [0, 0.05) is 30.1 Å². The molecule has 2 saturated heterocycles. The third kappa shape index (κ3) is 2.37. The molecule has 0 bridgehead atoms. The van der Waals surface area contributed by atoms with Gasteiger partial charge >= 0.3 is 0 Å². The quantitative estimate of drug-likeness (QED) is 0.463. The molecule has 0 aromatic carbocycles. The predicted octanol–water partition coefficient (Wildman–Crippen LogP) is 5.92. The lowest BCUT2D eigenvalue weighted by atomic mass is 9.46. The maximum absolute atomic E-state index is 14.0. The Hall–Kier alpha value is -0.670. The van der Waals surface area contributed by atoms with Gasteiger partial charge < -0.3 is 9.47 Å². The summed E-state index contributed by atoms with van der Waals surface area (Å²) >= 11 is 0. The number of fused-ring (bicyclic) bond motifs is 7. The van der Waals surface area contributed by atoms with Gasteiger partial charge in [-0.2, -0.15) is 0 Å². The number of rotatable bonds is 0. The minimum Gasteiger partial charge on any atom is -0.349 e. The average Bonchev–Trinajstić information content (AvgIpc) is 3.17. The number of Topliss-reactive ketones (excluding diaryl/α,β-unsaturated/α-hetero) is 1. The molecule has 0 amide bonds. The molecule has 2 heterocycles. The second-order valence-corrected chi connectivity index (χ2v) is 12.3. The first-order valence-electron chi connectivity index (χ1n) is 12.8. The summed E-state index contributed by atoms with van der Waals surface area (Å²) in [5.74, 6) is 3.07. The molecule has 1 unspecified atom stereocenters. The van der Waals surface area contributed by atoms with Crippen molar-refractivity contribution < 1.29 is 14.3 Å². The Labute approximate surface area is 182 Å². The van der Waals surface area contributed by atoms with Crippen LogP contribution in [-0.2, 0) is 14.3 Å². The predicted molar refractivity (Wildman–Crippen MR) is 117 cm³/mol. The van der Waals surface area contributed by atoms with Gasteiger partial charge in [-0.3, -0.25) is 4.79 Å². The molecule has 0 radical (unpaired) electrons. The Kier molecular flexibility index (Phi) is 4.29. The molecular formula is C27H40O3. The van der Waals surface area contributed by atoms with Crippen LogP contribution in [0.5, 0.6) is 0 Å². The highest BCUT2D eigenvalue weighted by molar-refractivity contribution is 5.87. The third-order valence-corrected chi connectivity index (χ3v) is 11.2. The van der Waals surface area contributed by atoms with Crippen molar-refractivity contribution in [3.8, 4) is 0 Å². The van der Waals surface area contributed by atoms with Crippen molar-refractivity contribution in [2.24, 2.45) is 46.3 Å². The zero-order valence-electron chi connectivity index (χ0n) is 19.4. The van der Waals surface area contributed by atoms with Gasteiger partial charge in [0.05, 0.1) is 12.7 Å². The van der Waals surface area contributed by atoms with Crippen molar-refractivity contribution in [3.63, 3.8) is 0 Å². The summed E-state index contributed by atoms with van der Waals surface area (Å²) in [5, 5.41) is 0. The summed E-state index contributed by atoms with van der Waals surface area (Å²) in [6.07, 6.45) is 13.2. The molecule has 3 heteroatoms. The Balaban J connectivity index is 1.33. The second-order valence-electron chi connectivity index (χ2n) is 12.3. The highest BCUT2D eigenvalue weighted by Gasteiger charge is 2.71. The largest absolute Gasteiger partial charge is 0.349 e. The van der Waals surface area contributed by atoms with E-state index in [-0.39, 0.29) is 16.9 Å². The van der Waals surface area contributed by atoms with Crippen LogP contribution in [0, 0.1) is 46.3 Å². The van der Waals surface area contributed by atoms with E-state index in [1.807, 2.05) is 0 Å². The minimum atomic E-state index is -0.429. The highest BCUT2D eigenvalue weighted by atomic mass is 16.7. The summed E-state index contributed by atoms with van der Waals surface area (Å²) in [6.45, 7) is 10.2. The molecular weight excluding hydrogens is 372 g/mol. The lowest BCUT2D eigenvalue weighted by Gasteiger charge is -2.57. The summed E-state index contributed by atoms with van der Waals surface area (Å²) in [6, 6.07) is 0. The normalized spacial score (nSPS) is 57.4. The monoisotopic (exact) mass is 412 g/mol. The number of carbonyl (C=O) groups is 1. The van der Waals surface area contributed by atoms with Crippen molar-refractivity contribution in [2.45, 2.75) is 97.4 Å². The van der Waals surface area contributed by atoms with Crippen molar-refractivity contribution in [3.05, 3.63) is 11.6 Å². The maximum atomic E-state index is 14.0. The molecule has 30 heavy (non-hydrogen) atoms. The molecule has 10 atom stereocenters. The molecule has 1 spiro atoms. The van der Waals surface area contributed by atoms with Gasteiger partial charge in [-0.15, -0.1) is 0 Å². The van der Waals surface area contributed by atoms with E-state index in [2.05, 4.69) is 33.8 Å². The number of carbonyl (C=O) groups excluding carboxylic acids is 1. The van der Waals surface area contributed by atoms with Crippen molar-refractivity contribution >= 4 is 5.78 Å². The summed E-state index contributed by atoms with van der Waals surface area (Å²) in [5.41, 5.74) is 1.72. The Morgan fingerprint density at radius 3 is 2.70 bits per heavy atom. The number of ketones is 1.